The van der Waals surface area contributed by atoms with Gasteiger partial charge in [-0.3, -0.25) is 4.79 Å². The van der Waals surface area contributed by atoms with Crippen LogP contribution in [0.5, 0.6) is 0 Å². The zero-order chi connectivity index (χ0) is 12.8. The molecule has 0 radical (unpaired) electrons. The van der Waals surface area contributed by atoms with E-state index in [2.05, 4.69) is 5.32 Å². The number of hydrogen-bond acceptors (Lipinski definition) is 3. The lowest BCUT2D eigenvalue weighted by atomic mass is 10.1. The van der Waals surface area contributed by atoms with Crippen molar-refractivity contribution in [3.05, 3.63) is 29.6 Å². The summed E-state index contributed by atoms with van der Waals surface area (Å²) < 4.78 is 13.4. The second-order valence-corrected chi connectivity index (χ2v) is 4.92. The number of nitrogen functional groups attached to an aromatic ring is 1. The number of nitrogens with one attached hydrogen (secondary N) is 1. The van der Waals surface area contributed by atoms with E-state index < -0.39 is 11.7 Å². The minimum Gasteiger partial charge on any atom is -0.399 e. The topological polar surface area (TPSA) is 55.1 Å². The van der Waals surface area contributed by atoms with Crippen molar-refractivity contribution in [2.45, 2.75) is 6.92 Å². The molecule has 0 heterocycles. The molecule has 0 fully saturated rings. The van der Waals surface area contributed by atoms with E-state index >= 15 is 0 Å². The molecule has 1 aromatic rings. The lowest BCUT2D eigenvalue weighted by Gasteiger charge is -2.11. The Bertz CT molecular complexity index is 398. The number of hydrogen-bond donors (Lipinski definition) is 2. The lowest BCUT2D eigenvalue weighted by molar-refractivity contribution is 0.0945. The van der Waals surface area contributed by atoms with Crippen molar-refractivity contribution in [3.8, 4) is 0 Å². The average molecular weight is 256 g/mol. The maximum absolute atomic E-state index is 13.4. The monoisotopic (exact) mass is 256 g/mol. The van der Waals surface area contributed by atoms with E-state index in [1.807, 2.05) is 13.2 Å². The van der Waals surface area contributed by atoms with E-state index in [0.717, 1.165) is 5.75 Å². The summed E-state index contributed by atoms with van der Waals surface area (Å²) in [6.45, 7) is 2.57. The molecule has 0 aliphatic carbocycles. The summed E-state index contributed by atoms with van der Waals surface area (Å²) in [6, 6.07) is 3.99. The normalized spacial score (nSPS) is 12.2. The van der Waals surface area contributed by atoms with Gasteiger partial charge in [0.1, 0.15) is 5.82 Å². The number of benzene rings is 1. The molecule has 1 atom stereocenters. The SMILES string of the molecule is CSCC(C)CNC(=O)c1cc(N)ccc1F. The lowest BCUT2D eigenvalue weighted by Crippen LogP contribution is -2.29. The van der Waals surface area contributed by atoms with Crippen molar-refractivity contribution in [1.29, 1.82) is 0 Å². The fourth-order valence-electron chi connectivity index (χ4n) is 1.42. The molecule has 1 amide bonds. The molecule has 0 spiro atoms. The number of halogens is 1. The second-order valence-electron chi connectivity index (χ2n) is 4.01. The Labute approximate surface area is 105 Å². The fraction of sp³-hybridized carbons (Fsp3) is 0.417. The van der Waals surface area contributed by atoms with Gasteiger partial charge < -0.3 is 11.1 Å². The zero-order valence-electron chi connectivity index (χ0n) is 10.00. The Morgan fingerprint density at radius 2 is 2.29 bits per heavy atom. The van der Waals surface area contributed by atoms with Gasteiger partial charge in [-0.05, 0) is 36.1 Å². The molecule has 17 heavy (non-hydrogen) atoms. The van der Waals surface area contributed by atoms with Gasteiger partial charge in [0.05, 0.1) is 5.56 Å². The van der Waals surface area contributed by atoms with Gasteiger partial charge in [0.15, 0.2) is 0 Å². The van der Waals surface area contributed by atoms with Crippen LogP contribution in [0.1, 0.15) is 17.3 Å². The first-order valence-electron chi connectivity index (χ1n) is 5.36. The number of carbonyl (C=O) groups excluding carboxylic acids is 1. The molecular formula is C12H17FN2OS. The summed E-state index contributed by atoms with van der Waals surface area (Å²) in [5.41, 5.74) is 5.90. The highest BCUT2D eigenvalue weighted by Crippen LogP contribution is 2.12. The van der Waals surface area contributed by atoms with Crippen LogP contribution in [0, 0.1) is 11.7 Å². The van der Waals surface area contributed by atoms with E-state index in [1.54, 1.807) is 11.8 Å². The van der Waals surface area contributed by atoms with Crippen LogP contribution in [0.4, 0.5) is 10.1 Å². The van der Waals surface area contributed by atoms with Crippen molar-refractivity contribution >= 4 is 23.4 Å². The van der Waals surface area contributed by atoms with Crippen LogP contribution < -0.4 is 11.1 Å². The van der Waals surface area contributed by atoms with Crippen LogP contribution in [0.2, 0.25) is 0 Å². The summed E-state index contributed by atoms with van der Waals surface area (Å²) in [6.07, 6.45) is 2.01. The molecule has 1 unspecified atom stereocenters. The van der Waals surface area contributed by atoms with Gasteiger partial charge in [0.2, 0.25) is 0 Å². The van der Waals surface area contributed by atoms with E-state index in [1.165, 1.54) is 18.2 Å². The Balaban J connectivity index is 2.61. The van der Waals surface area contributed by atoms with Gasteiger partial charge in [-0.15, -0.1) is 0 Å². The molecule has 0 aliphatic heterocycles. The Kier molecular flexibility index (Phi) is 5.28. The summed E-state index contributed by atoms with van der Waals surface area (Å²) in [7, 11) is 0. The van der Waals surface area contributed by atoms with Gasteiger partial charge in [-0.25, -0.2) is 4.39 Å². The minimum absolute atomic E-state index is 0.00125. The van der Waals surface area contributed by atoms with Crippen LogP contribution in [-0.4, -0.2) is 24.5 Å². The highest BCUT2D eigenvalue weighted by Gasteiger charge is 2.12. The molecule has 0 saturated carbocycles. The molecule has 0 saturated heterocycles. The first-order valence-corrected chi connectivity index (χ1v) is 6.76. The van der Waals surface area contributed by atoms with Crippen LogP contribution in [0.25, 0.3) is 0 Å². The minimum atomic E-state index is -0.547. The third kappa shape index (κ3) is 4.26. The maximum atomic E-state index is 13.4. The molecule has 0 aliphatic rings. The predicted octanol–water partition coefficient (Wildman–Crippen LogP) is 2.14. The van der Waals surface area contributed by atoms with Crippen LogP contribution in [0.3, 0.4) is 0 Å². The summed E-state index contributed by atoms with van der Waals surface area (Å²) in [4.78, 5) is 11.7. The van der Waals surface area contributed by atoms with Gasteiger partial charge in [-0.2, -0.15) is 11.8 Å². The number of amides is 1. The first kappa shape index (κ1) is 13.8. The highest BCUT2D eigenvalue weighted by molar-refractivity contribution is 7.98. The largest absolute Gasteiger partial charge is 0.399 e. The van der Waals surface area contributed by atoms with Crippen molar-refractivity contribution in [3.63, 3.8) is 0 Å². The van der Waals surface area contributed by atoms with Crippen LogP contribution in [0.15, 0.2) is 18.2 Å². The van der Waals surface area contributed by atoms with E-state index in [-0.39, 0.29) is 5.56 Å². The van der Waals surface area contributed by atoms with Crippen LogP contribution >= 0.6 is 11.8 Å². The molecule has 0 aromatic heterocycles. The zero-order valence-corrected chi connectivity index (χ0v) is 10.8. The fourth-order valence-corrected chi connectivity index (χ4v) is 2.11. The smallest absolute Gasteiger partial charge is 0.254 e. The van der Waals surface area contributed by atoms with Gasteiger partial charge in [0.25, 0.3) is 5.91 Å². The molecule has 3 N–H and O–H groups in total. The van der Waals surface area contributed by atoms with Crippen molar-refractivity contribution in [2.75, 3.05) is 24.3 Å². The van der Waals surface area contributed by atoms with Crippen LogP contribution in [-0.2, 0) is 0 Å². The molecular weight excluding hydrogens is 239 g/mol. The number of rotatable bonds is 5. The number of thioether (sulfide) groups is 1. The molecule has 3 nitrogen and oxygen atoms in total. The molecule has 1 aromatic carbocycles. The van der Waals surface area contributed by atoms with E-state index in [4.69, 9.17) is 5.73 Å². The maximum Gasteiger partial charge on any atom is 0.254 e. The average Bonchev–Trinajstić information content (AvgIpc) is 2.29. The van der Waals surface area contributed by atoms with Gasteiger partial charge in [0, 0.05) is 12.2 Å². The van der Waals surface area contributed by atoms with Gasteiger partial charge >= 0.3 is 0 Å². The van der Waals surface area contributed by atoms with Gasteiger partial charge in [-0.1, -0.05) is 6.92 Å². The predicted molar refractivity (Wildman–Crippen MR) is 70.7 cm³/mol. The van der Waals surface area contributed by atoms with Crippen molar-refractivity contribution in [1.82, 2.24) is 5.32 Å². The summed E-state index contributed by atoms with van der Waals surface area (Å²) in [5, 5.41) is 2.70. The van der Waals surface area contributed by atoms with Crippen molar-refractivity contribution in [2.24, 2.45) is 5.92 Å². The third-order valence-electron chi connectivity index (χ3n) is 2.30. The number of anilines is 1. The Hall–Kier alpha value is -1.23. The third-order valence-corrected chi connectivity index (χ3v) is 3.20. The summed E-state index contributed by atoms with van der Waals surface area (Å²) >= 11 is 1.72. The Morgan fingerprint density at radius 3 is 2.94 bits per heavy atom. The Morgan fingerprint density at radius 1 is 1.59 bits per heavy atom. The molecule has 0 bridgehead atoms. The second kappa shape index (κ2) is 6.49. The molecule has 5 heteroatoms. The van der Waals surface area contributed by atoms with E-state index in [0.29, 0.717) is 18.2 Å². The van der Waals surface area contributed by atoms with Crippen molar-refractivity contribution < 1.29 is 9.18 Å². The molecule has 94 valence electrons. The van der Waals surface area contributed by atoms with E-state index in [9.17, 15) is 9.18 Å². The number of nitrogens with two attached hydrogens (primary N) is 1. The standard InChI is InChI=1S/C12H17FN2OS/c1-8(7-17-2)6-15-12(16)10-5-9(14)3-4-11(10)13/h3-5,8H,6-7,14H2,1-2H3,(H,15,16). The summed E-state index contributed by atoms with van der Waals surface area (Å²) in [5.74, 6) is 0.356. The molecule has 1 rings (SSSR count). The number of carbonyl (C=O) groups is 1. The first-order chi connectivity index (χ1) is 8.04. The quantitative estimate of drug-likeness (QED) is 0.794. The highest BCUT2D eigenvalue weighted by atomic mass is 32.2.